The van der Waals surface area contributed by atoms with E-state index in [-0.39, 0.29) is 17.9 Å². The molecule has 1 N–H and O–H groups in total. The Morgan fingerprint density at radius 3 is 2.90 bits per heavy atom. The molecule has 2 saturated carbocycles. The van der Waals surface area contributed by atoms with Gasteiger partial charge in [-0.05, 0) is 54.7 Å². The summed E-state index contributed by atoms with van der Waals surface area (Å²) in [6.45, 7) is 1.19. The van der Waals surface area contributed by atoms with Crippen molar-refractivity contribution in [3.05, 3.63) is 35.6 Å². The molecule has 4 unspecified atom stereocenters. The van der Waals surface area contributed by atoms with E-state index in [1.165, 1.54) is 37.8 Å². The first kappa shape index (κ1) is 13.3. The highest BCUT2D eigenvalue weighted by atomic mass is 19.1. The monoisotopic (exact) mass is 288 g/mol. The average molecular weight is 288 g/mol. The summed E-state index contributed by atoms with van der Waals surface area (Å²) in [5.41, 5.74) is 0.851. The van der Waals surface area contributed by atoms with Crippen LogP contribution in [0.15, 0.2) is 24.3 Å². The van der Waals surface area contributed by atoms with Gasteiger partial charge >= 0.3 is 0 Å². The van der Waals surface area contributed by atoms with Crippen molar-refractivity contribution in [3.8, 4) is 0 Å². The maximum Gasteiger partial charge on any atom is 0.238 e. The molecule has 1 saturated heterocycles. The van der Waals surface area contributed by atoms with E-state index in [2.05, 4.69) is 5.32 Å². The van der Waals surface area contributed by atoms with Gasteiger partial charge in [0.15, 0.2) is 0 Å². The Hall–Kier alpha value is -1.42. The standard InChI is InChI=1S/C17H21FN2O/c18-15-3-1-2-13(8-15)17-19-9-16(21)20(17)10-14-7-11-4-5-12(14)6-11/h1-3,8,11-12,14,17,19H,4-7,9-10H2. The number of rotatable bonds is 3. The van der Waals surface area contributed by atoms with Crippen molar-refractivity contribution in [3.63, 3.8) is 0 Å². The molecule has 1 heterocycles. The van der Waals surface area contributed by atoms with Crippen molar-refractivity contribution in [2.45, 2.75) is 31.8 Å². The Morgan fingerprint density at radius 2 is 2.19 bits per heavy atom. The highest BCUT2D eigenvalue weighted by Crippen LogP contribution is 2.49. The van der Waals surface area contributed by atoms with Crippen molar-refractivity contribution < 1.29 is 9.18 Å². The highest BCUT2D eigenvalue weighted by Gasteiger charge is 2.42. The van der Waals surface area contributed by atoms with Crippen molar-refractivity contribution in [2.24, 2.45) is 17.8 Å². The molecule has 3 aliphatic rings. The first-order chi connectivity index (χ1) is 10.2. The summed E-state index contributed by atoms with van der Waals surface area (Å²) in [7, 11) is 0. The molecule has 1 amide bonds. The molecule has 4 rings (SSSR count). The van der Waals surface area contributed by atoms with E-state index in [0.29, 0.717) is 12.5 Å². The lowest BCUT2D eigenvalue weighted by molar-refractivity contribution is -0.128. The van der Waals surface area contributed by atoms with Crippen molar-refractivity contribution >= 4 is 5.91 Å². The minimum absolute atomic E-state index is 0.145. The zero-order valence-electron chi connectivity index (χ0n) is 12.1. The minimum Gasteiger partial charge on any atom is -0.322 e. The molecule has 3 fully saturated rings. The van der Waals surface area contributed by atoms with Gasteiger partial charge in [0.2, 0.25) is 5.91 Å². The number of nitrogens with one attached hydrogen (secondary N) is 1. The van der Waals surface area contributed by atoms with E-state index < -0.39 is 0 Å². The molecule has 0 aromatic heterocycles. The molecular formula is C17H21FN2O. The van der Waals surface area contributed by atoms with Gasteiger partial charge in [0.25, 0.3) is 0 Å². The van der Waals surface area contributed by atoms with Gasteiger partial charge in [-0.3, -0.25) is 10.1 Å². The summed E-state index contributed by atoms with van der Waals surface area (Å²) < 4.78 is 13.4. The van der Waals surface area contributed by atoms with Crippen LogP contribution in [0.1, 0.15) is 37.4 Å². The molecule has 1 aliphatic heterocycles. The van der Waals surface area contributed by atoms with Crippen LogP contribution in [0.25, 0.3) is 0 Å². The van der Waals surface area contributed by atoms with Crippen LogP contribution in [-0.4, -0.2) is 23.9 Å². The molecule has 112 valence electrons. The zero-order valence-corrected chi connectivity index (χ0v) is 12.1. The van der Waals surface area contributed by atoms with Gasteiger partial charge in [-0.2, -0.15) is 0 Å². The van der Waals surface area contributed by atoms with Gasteiger partial charge in [-0.1, -0.05) is 18.6 Å². The Labute approximate surface area is 124 Å². The quantitative estimate of drug-likeness (QED) is 0.927. The van der Waals surface area contributed by atoms with Gasteiger partial charge in [-0.15, -0.1) is 0 Å². The van der Waals surface area contributed by atoms with E-state index in [1.807, 2.05) is 11.0 Å². The predicted molar refractivity (Wildman–Crippen MR) is 77.8 cm³/mol. The molecule has 21 heavy (non-hydrogen) atoms. The lowest BCUT2D eigenvalue weighted by Crippen LogP contribution is -2.36. The van der Waals surface area contributed by atoms with Crippen LogP contribution >= 0.6 is 0 Å². The van der Waals surface area contributed by atoms with Crippen LogP contribution in [0, 0.1) is 23.6 Å². The summed E-state index contributed by atoms with van der Waals surface area (Å²) in [5.74, 6) is 2.24. The molecule has 4 heteroatoms. The van der Waals surface area contributed by atoms with Crippen molar-refractivity contribution in [1.82, 2.24) is 10.2 Å². The van der Waals surface area contributed by atoms with Crippen LogP contribution < -0.4 is 5.32 Å². The normalized spacial score (nSPS) is 34.9. The maximum absolute atomic E-state index is 13.4. The van der Waals surface area contributed by atoms with Crippen LogP contribution in [0.3, 0.4) is 0 Å². The molecule has 4 atom stereocenters. The SMILES string of the molecule is O=C1CNC(c2cccc(F)c2)N1CC1CC2CCC1C2. The summed E-state index contributed by atoms with van der Waals surface area (Å²) in [6.07, 6.45) is 5.16. The molecule has 0 spiro atoms. The number of benzene rings is 1. The second kappa shape index (κ2) is 5.09. The van der Waals surface area contributed by atoms with Crippen LogP contribution in [0.2, 0.25) is 0 Å². The number of carbonyl (C=O) groups is 1. The summed E-state index contributed by atoms with van der Waals surface area (Å²) in [4.78, 5) is 14.1. The van der Waals surface area contributed by atoms with Crippen LogP contribution in [0.4, 0.5) is 4.39 Å². The first-order valence-electron chi connectivity index (χ1n) is 7.99. The first-order valence-corrected chi connectivity index (χ1v) is 7.99. The molecule has 1 aromatic carbocycles. The van der Waals surface area contributed by atoms with Gasteiger partial charge in [-0.25, -0.2) is 4.39 Å². The Morgan fingerprint density at radius 1 is 1.29 bits per heavy atom. The van der Waals surface area contributed by atoms with Crippen molar-refractivity contribution in [2.75, 3.05) is 13.1 Å². The number of halogens is 1. The van der Waals surface area contributed by atoms with Crippen LogP contribution in [-0.2, 0) is 4.79 Å². The second-order valence-electron chi connectivity index (χ2n) is 6.82. The van der Waals surface area contributed by atoms with Gasteiger partial charge in [0, 0.05) is 6.54 Å². The topological polar surface area (TPSA) is 32.3 Å². The summed E-state index contributed by atoms with van der Waals surface area (Å²) >= 11 is 0. The number of fused-ring (bicyclic) bond motifs is 2. The fourth-order valence-electron chi connectivity index (χ4n) is 4.57. The van der Waals surface area contributed by atoms with E-state index in [0.717, 1.165) is 23.9 Å². The number of hydrogen-bond acceptors (Lipinski definition) is 2. The van der Waals surface area contributed by atoms with Gasteiger partial charge in [0.05, 0.1) is 6.54 Å². The Balaban J connectivity index is 1.53. The fourth-order valence-corrected chi connectivity index (χ4v) is 4.57. The van der Waals surface area contributed by atoms with E-state index in [1.54, 1.807) is 6.07 Å². The second-order valence-corrected chi connectivity index (χ2v) is 6.82. The van der Waals surface area contributed by atoms with E-state index >= 15 is 0 Å². The summed E-state index contributed by atoms with van der Waals surface area (Å²) in [5, 5.41) is 3.23. The van der Waals surface area contributed by atoms with E-state index in [9.17, 15) is 9.18 Å². The molecule has 1 aromatic rings. The van der Waals surface area contributed by atoms with Crippen molar-refractivity contribution in [1.29, 1.82) is 0 Å². The number of amides is 1. The number of nitrogens with zero attached hydrogens (tertiary/aromatic N) is 1. The third-order valence-corrected chi connectivity index (χ3v) is 5.56. The fraction of sp³-hybridized carbons (Fsp3) is 0.588. The number of carbonyl (C=O) groups excluding carboxylic acids is 1. The number of hydrogen-bond donors (Lipinski definition) is 1. The highest BCUT2D eigenvalue weighted by molar-refractivity contribution is 5.81. The average Bonchev–Trinajstić information content (AvgIpc) is 3.16. The molecular weight excluding hydrogens is 267 g/mol. The predicted octanol–water partition coefficient (Wildman–Crippen LogP) is 2.69. The van der Waals surface area contributed by atoms with Crippen LogP contribution in [0.5, 0.6) is 0 Å². The maximum atomic E-state index is 13.4. The molecule has 3 nitrogen and oxygen atoms in total. The van der Waals surface area contributed by atoms with Gasteiger partial charge in [0.1, 0.15) is 12.0 Å². The molecule has 2 bridgehead atoms. The Bertz CT molecular complexity index is 561. The largest absolute Gasteiger partial charge is 0.322 e. The third kappa shape index (κ3) is 2.35. The zero-order chi connectivity index (χ0) is 14.4. The van der Waals surface area contributed by atoms with Gasteiger partial charge < -0.3 is 4.90 Å². The Kier molecular flexibility index (Phi) is 3.21. The third-order valence-electron chi connectivity index (χ3n) is 5.56. The summed E-state index contributed by atoms with van der Waals surface area (Å²) in [6, 6.07) is 6.59. The lowest BCUT2D eigenvalue weighted by atomic mass is 9.88. The molecule has 2 aliphatic carbocycles. The smallest absolute Gasteiger partial charge is 0.238 e. The lowest BCUT2D eigenvalue weighted by Gasteiger charge is -2.31. The minimum atomic E-state index is -0.242. The van der Waals surface area contributed by atoms with E-state index in [4.69, 9.17) is 0 Å². The molecule has 0 radical (unpaired) electrons.